The highest BCUT2D eigenvalue weighted by Gasteiger charge is 2.30. The van der Waals surface area contributed by atoms with Crippen molar-refractivity contribution in [2.45, 2.75) is 90.6 Å². The van der Waals surface area contributed by atoms with E-state index in [2.05, 4.69) is 62.4 Å². The third kappa shape index (κ3) is 7.14. The molecule has 2 aliphatic rings. The Morgan fingerprint density at radius 3 is 2.10 bits per heavy atom. The molecule has 0 aromatic heterocycles. The number of ether oxygens (including phenoxy) is 1. The molecule has 0 amide bonds. The Kier molecular flexibility index (Phi) is 9.54. The first-order valence-corrected chi connectivity index (χ1v) is 12.2. The summed E-state index contributed by atoms with van der Waals surface area (Å²) in [5, 5.41) is 0. The maximum Gasteiger partial charge on any atom is 0.0721 e. The van der Waals surface area contributed by atoms with Crippen molar-refractivity contribution in [3.05, 3.63) is 59.7 Å². The average Bonchev–Trinajstić information content (AvgIpc) is 2.78. The summed E-state index contributed by atoms with van der Waals surface area (Å²) in [6.45, 7) is 5.74. The van der Waals surface area contributed by atoms with Gasteiger partial charge < -0.3 is 4.74 Å². The van der Waals surface area contributed by atoms with Crippen LogP contribution in [0.2, 0.25) is 0 Å². The van der Waals surface area contributed by atoms with E-state index >= 15 is 0 Å². The van der Waals surface area contributed by atoms with E-state index in [4.69, 9.17) is 4.74 Å². The fourth-order valence-electron chi connectivity index (χ4n) is 5.51. The molecular formula is C28H42O. The zero-order valence-corrected chi connectivity index (χ0v) is 18.8. The number of rotatable bonds is 9. The minimum absolute atomic E-state index is 0.719. The van der Waals surface area contributed by atoms with Crippen LogP contribution in [0.5, 0.6) is 0 Å². The molecule has 2 saturated carbocycles. The first-order valence-electron chi connectivity index (χ1n) is 12.2. The SMILES string of the molecule is C/C=C/CC1CCC(C2CCC(c3ccc(COCC=CCC)cc3)CC2)CC1. The van der Waals surface area contributed by atoms with E-state index in [-0.39, 0.29) is 0 Å². The highest BCUT2D eigenvalue weighted by atomic mass is 16.5. The third-order valence-electron chi connectivity index (χ3n) is 7.37. The summed E-state index contributed by atoms with van der Waals surface area (Å²) < 4.78 is 5.73. The Labute approximate surface area is 179 Å². The van der Waals surface area contributed by atoms with Gasteiger partial charge in [-0.3, -0.25) is 0 Å². The zero-order chi connectivity index (χ0) is 20.3. The van der Waals surface area contributed by atoms with Crippen molar-refractivity contribution in [1.29, 1.82) is 0 Å². The Morgan fingerprint density at radius 1 is 0.828 bits per heavy atom. The second-order valence-electron chi connectivity index (χ2n) is 9.33. The Bertz CT molecular complexity index is 610. The monoisotopic (exact) mass is 394 g/mol. The van der Waals surface area contributed by atoms with Gasteiger partial charge in [0.1, 0.15) is 0 Å². The van der Waals surface area contributed by atoms with Crippen molar-refractivity contribution in [3.8, 4) is 0 Å². The molecule has 0 spiro atoms. The van der Waals surface area contributed by atoms with Gasteiger partial charge >= 0.3 is 0 Å². The average molecular weight is 395 g/mol. The number of hydrogen-bond donors (Lipinski definition) is 0. The van der Waals surface area contributed by atoms with Gasteiger partial charge in [-0.1, -0.05) is 55.5 Å². The lowest BCUT2D eigenvalue weighted by Gasteiger charge is -2.38. The van der Waals surface area contributed by atoms with E-state index in [1.165, 1.54) is 63.4 Å². The first-order chi connectivity index (χ1) is 14.3. The summed E-state index contributed by atoms with van der Waals surface area (Å²) in [7, 11) is 0. The topological polar surface area (TPSA) is 9.23 Å². The van der Waals surface area contributed by atoms with Crippen LogP contribution in [0.1, 0.15) is 95.1 Å². The van der Waals surface area contributed by atoms with Crippen molar-refractivity contribution in [2.75, 3.05) is 6.61 Å². The number of allylic oxidation sites excluding steroid dienone is 3. The van der Waals surface area contributed by atoms with Gasteiger partial charge in [-0.15, -0.1) is 0 Å². The van der Waals surface area contributed by atoms with E-state index in [0.717, 1.165) is 43.3 Å². The highest BCUT2D eigenvalue weighted by Crippen LogP contribution is 2.44. The first kappa shape index (κ1) is 22.3. The Balaban J connectivity index is 1.38. The fourth-order valence-corrected chi connectivity index (χ4v) is 5.51. The quantitative estimate of drug-likeness (QED) is 0.303. The lowest BCUT2D eigenvalue weighted by Crippen LogP contribution is -2.25. The molecule has 1 aromatic rings. The van der Waals surface area contributed by atoms with Crippen molar-refractivity contribution in [1.82, 2.24) is 0 Å². The molecule has 1 heteroatoms. The minimum Gasteiger partial charge on any atom is -0.373 e. The summed E-state index contributed by atoms with van der Waals surface area (Å²) in [4.78, 5) is 0. The van der Waals surface area contributed by atoms with Crippen LogP contribution < -0.4 is 0 Å². The molecule has 2 fully saturated rings. The number of benzene rings is 1. The summed E-state index contributed by atoms with van der Waals surface area (Å²) in [6, 6.07) is 9.27. The third-order valence-corrected chi connectivity index (χ3v) is 7.37. The molecule has 1 aromatic carbocycles. The maximum atomic E-state index is 5.73. The predicted octanol–water partition coefficient (Wildman–Crippen LogP) is 8.22. The molecule has 0 bridgehead atoms. The molecule has 0 heterocycles. The van der Waals surface area contributed by atoms with Gasteiger partial charge in [0.15, 0.2) is 0 Å². The van der Waals surface area contributed by atoms with Crippen molar-refractivity contribution in [3.63, 3.8) is 0 Å². The molecule has 160 valence electrons. The highest BCUT2D eigenvalue weighted by molar-refractivity contribution is 5.25. The normalized spacial score (nSPS) is 28.3. The lowest BCUT2D eigenvalue weighted by molar-refractivity contribution is 0.148. The van der Waals surface area contributed by atoms with Gasteiger partial charge in [0.25, 0.3) is 0 Å². The maximum absolute atomic E-state index is 5.73. The molecule has 2 aliphatic carbocycles. The van der Waals surface area contributed by atoms with Crippen LogP contribution in [0.15, 0.2) is 48.6 Å². The standard InChI is InChI=1S/C28H42O/c1-3-5-7-21-29-22-24-11-15-26(16-12-24)28-19-17-27(18-20-28)25-13-9-23(10-14-25)8-6-4-2/h4-7,11-12,15-16,23,25,27-28H,3,8-10,13-14,17-22H2,1-2H3/b6-4+,7-5?. The predicted molar refractivity (Wildman–Crippen MR) is 125 cm³/mol. The van der Waals surface area contributed by atoms with Gasteiger partial charge in [0.05, 0.1) is 13.2 Å². The second-order valence-corrected chi connectivity index (χ2v) is 9.33. The van der Waals surface area contributed by atoms with Crippen LogP contribution in [0.4, 0.5) is 0 Å². The summed E-state index contributed by atoms with van der Waals surface area (Å²) in [6.07, 6.45) is 22.8. The summed E-state index contributed by atoms with van der Waals surface area (Å²) >= 11 is 0. The van der Waals surface area contributed by atoms with E-state index in [0.29, 0.717) is 0 Å². The number of hydrogen-bond acceptors (Lipinski definition) is 1. The van der Waals surface area contributed by atoms with E-state index in [1.54, 1.807) is 5.56 Å². The smallest absolute Gasteiger partial charge is 0.0721 e. The molecule has 29 heavy (non-hydrogen) atoms. The second kappa shape index (κ2) is 12.4. The molecule has 0 N–H and O–H groups in total. The van der Waals surface area contributed by atoms with E-state index in [9.17, 15) is 0 Å². The molecule has 0 atom stereocenters. The van der Waals surface area contributed by atoms with E-state index in [1.807, 2.05) is 0 Å². The van der Waals surface area contributed by atoms with Crippen LogP contribution >= 0.6 is 0 Å². The van der Waals surface area contributed by atoms with Crippen LogP contribution in [-0.2, 0) is 11.3 Å². The molecule has 0 unspecified atom stereocenters. The van der Waals surface area contributed by atoms with Gasteiger partial charge in [0, 0.05) is 0 Å². The van der Waals surface area contributed by atoms with Gasteiger partial charge in [0.2, 0.25) is 0 Å². The molecule has 3 rings (SSSR count). The Morgan fingerprint density at radius 2 is 1.48 bits per heavy atom. The van der Waals surface area contributed by atoms with Crippen LogP contribution in [0, 0.1) is 17.8 Å². The zero-order valence-electron chi connectivity index (χ0n) is 18.8. The van der Waals surface area contributed by atoms with E-state index < -0.39 is 0 Å². The fraction of sp³-hybridized carbons (Fsp3) is 0.643. The van der Waals surface area contributed by atoms with Crippen LogP contribution in [0.25, 0.3) is 0 Å². The molecule has 0 radical (unpaired) electrons. The molecule has 0 aliphatic heterocycles. The van der Waals surface area contributed by atoms with Crippen LogP contribution in [0.3, 0.4) is 0 Å². The van der Waals surface area contributed by atoms with Crippen molar-refractivity contribution in [2.24, 2.45) is 17.8 Å². The van der Waals surface area contributed by atoms with Crippen molar-refractivity contribution >= 4 is 0 Å². The largest absolute Gasteiger partial charge is 0.373 e. The molecule has 1 nitrogen and oxygen atoms in total. The summed E-state index contributed by atoms with van der Waals surface area (Å²) in [5.41, 5.74) is 2.84. The summed E-state index contributed by atoms with van der Waals surface area (Å²) in [5.74, 6) is 3.75. The molecular weight excluding hydrogens is 352 g/mol. The van der Waals surface area contributed by atoms with Crippen LogP contribution in [-0.4, -0.2) is 6.61 Å². The van der Waals surface area contributed by atoms with Crippen molar-refractivity contribution < 1.29 is 4.74 Å². The van der Waals surface area contributed by atoms with Gasteiger partial charge in [-0.05, 0) is 106 Å². The van der Waals surface area contributed by atoms with Gasteiger partial charge in [-0.2, -0.15) is 0 Å². The Hall–Kier alpha value is -1.34. The minimum atomic E-state index is 0.719. The molecule has 0 saturated heterocycles. The lowest BCUT2D eigenvalue weighted by atomic mass is 9.68. The van der Waals surface area contributed by atoms with Gasteiger partial charge in [-0.25, -0.2) is 0 Å².